The molecule has 6 heteroatoms. The van der Waals surface area contributed by atoms with Gasteiger partial charge in [0.25, 0.3) is 5.91 Å². The lowest BCUT2D eigenvalue weighted by Gasteiger charge is -2.21. The number of carbonyl (C=O) groups excluding carboxylic acids is 1. The molecular weight excluding hydrogens is 420 g/mol. The number of rotatable bonds is 6. The van der Waals surface area contributed by atoms with Crippen LogP contribution < -0.4 is 14.8 Å². The molecule has 5 rings (SSSR count). The number of nitrogens with zero attached hydrogens (tertiary/aromatic N) is 1. The van der Waals surface area contributed by atoms with Crippen molar-refractivity contribution in [1.29, 1.82) is 0 Å². The lowest BCUT2D eigenvalue weighted by atomic mass is 10.0. The Morgan fingerprint density at radius 1 is 1.16 bits per heavy atom. The Labute approximate surface area is 192 Å². The summed E-state index contributed by atoms with van der Waals surface area (Å²) in [4.78, 5) is 19.3. The zero-order valence-electron chi connectivity index (χ0n) is 18.5. The first-order chi connectivity index (χ1) is 15.5. The number of aromatic nitrogens is 1. The van der Waals surface area contributed by atoms with Crippen molar-refractivity contribution in [1.82, 2.24) is 4.98 Å². The fraction of sp³-hybridized carbons (Fsp3) is 0.385. The maximum Gasteiger partial charge on any atom is 0.267 e. The zero-order valence-corrected chi connectivity index (χ0v) is 19.3. The molecule has 32 heavy (non-hydrogen) atoms. The molecule has 166 valence electrons. The number of para-hydroxylation sites is 1. The molecule has 1 atom stereocenters. The first-order valence-corrected chi connectivity index (χ1v) is 12.1. The molecule has 1 amide bonds. The van der Waals surface area contributed by atoms with Crippen LogP contribution in [-0.2, 0) is 30.5 Å². The minimum atomic E-state index is -0.697. The normalized spacial score (nSPS) is 17.1. The molecule has 1 unspecified atom stereocenters. The molecule has 2 aromatic carbocycles. The van der Waals surface area contributed by atoms with Crippen molar-refractivity contribution in [3.8, 4) is 11.5 Å². The highest BCUT2D eigenvalue weighted by Gasteiger charge is 2.34. The highest BCUT2D eigenvalue weighted by atomic mass is 32.1. The number of thiazole rings is 1. The van der Waals surface area contributed by atoms with E-state index in [1.54, 1.807) is 11.3 Å². The topological polar surface area (TPSA) is 60.5 Å². The van der Waals surface area contributed by atoms with E-state index in [0.29, 0.717) is 17.3 Å². The van der Waals surface area contributed by atoms with Crippen molar-refractivity contribution in [2.45, 2.75) is 64.1 Å². The minimum Gasteiger partial charge on any atom is -0.483 e. The van der Waals surface area contributed by atoms with Crippen molar-refractivity contribution in [2.75, 3.05) is 5.32 Å². The first kappa shape index (κ1) is 21.0. The monoisotopic (exact) mass is 448 g/mol. The van der Waals surface area contributed by atoms with Crippen molar-refractivity contribution in [3.63, 3.8) is 0 Å². The van der Waals surface area contributed by atoms with Gasteiger partial charge in [-0.15, -0.1) is 11.3 Å². The predicted molar refractivity (Wildman–Crippen MR) is 127 cm³/mol. The smallest absolute Gasteiger partial charge is 0.267 e. The largest absolute Gasteiger partial charge is 0.483 e. The van der Waals surface area contributed by atoms with Gasteiger partial charge in [0.1, 0.15) is 5.60 Å². The number of anilines is 1. The van der Waals surface area contributed by atoms with Gasteiger partial charge in [0.05, 0.1) is 5.69 Å². The molecular formula is C26H28N2O3S. The average molecular weight is 449 g/mol. The number of hydrogen-bond acceptors (Lipinski definition) is 5. The fourth-order valence-electron chi connectivity index (χ4n) is 4.44. The van der Waals surface area contributed by atoms with Gasteiger partial charge in [-0.2, -0.15) is 0 Å². The average Bonchev–Trinajstić information content (AvgIpc) is 3.32. The molecule has 0 radical (unpaired) electrons. The Hall–Kier alpha value is -2.86. The van der Waals surface area contributed by atoms with Crippen LogP contribution in [0.15, 0.2) is 48.5 Å². The van der Waals surface area contributed by atoms with E-state index in [4.69, 9.17) is 9.47 Å². The Morgan fingerprint density at radius 2 is 1.97 bits per heavy atom. The van der Waals surface area contributed by atoms with Crippen LogP contribution in [0.2, 0.25) is 0 Å². The van der Waals surface area contributed by atoms with Gasteiger partial charge in [-0.05, 0) is 51.2 Å². The molecule has 5 nitrogen and oxygen atoms in total. The number of hydrogen-bond donors (Lipinski definition) is 1. The van der Waals surface area contributed by atoms with Gasteiger partial charge < -0.3 is 9.47 Å². The van der Waals surface area contributed by atoms with Crippen LogP contribution in [0, 0.1) is 0 Å². The summed E-state index contributed by atoms with van der Waals surface area (Å²) in [5, 5.41) is 3.69. The van der Waals surface area contributed by atoms with E-state index < -0.39 is 6.10 Å². The summed E-state index contributed by atoms with van der Waals surface area (Å²) in [7, 11) is 0. The van der Waals surface area contributed by atoms with Crippen LogP contribution in [0.5, 0.6) is 11.5 Å². The van der Waals surface area contributed by atoms with Crippen LogP contribution in [0.1, 0.15) is 48.4 Å². The number of carbonyl (C=O) groups is 1. The fourth-order valence-corrected chi connectivity index (χ4v) is 5.49. The van der Waals surface area contributed by atoms with Crippen LogP contribution in [0.3, 0.4) is 0 Å². The van der Waals surface area contributed by atoms with E-state index in [-0.39, 0.29) is 11.5 Å². The second-order valence-corrected chi connectivity index (χ2v) is 10.2. The molecule has 0 saturated heterocycles. The Kier molecular flexibility index (Phi) is 5.64. The molecule has 2 heterocycles. The summed E-state index contributed by atoms with van der Waals surface area (Å²) in [6.45, 7) is 4.13. The quantitative estimate of drug-likeness (QED) is 0.551. The van der Waals surface area contributed by atoms with Crippen LogP contribution in [0.25, 0.3) is 0 Å². The number of nitrogens with one attached hydrogen (secondary N) is 1. The van der Waals surface area contributed by atoms with Crippen LogP contribution in [0.4, 0.5) is 5.13 Å². The number of fused-ring (bicyclic) bond motifs is 2. The van der Waals surface area contributed by atoms with Gasteiger partial charge in [0.2, 0.25) is 0 Å². The highest BCUT2D eigenvalue weighted by Crippen LogP contribution is 2.42. The number of amides is 1. The molecule has 3 aromatic rings. The molecule has 1 aromatic heterocycles. The summed E-state index contributed by atoms with van der Waals surface area (Å²) < 4.78 is 12.5. The maximum absolute atomic E-state index is 13.4. The van der Waals surface area contributed by atoms with Gasteiger partial charge in [0, 0.05) is 23.3 Å². The van der Waals surface area contributed by atoms with Crippen LogP contribution >= 0.6 is 11.3 Å². The maximum atomic E-state index is 13.4. The number of benzene rings is 2. The second kappa shape index (κ2) is 8.58. The number of aryl methyl sites for hydroxylation is 2. The minimum absolute atomic E-state index is 0.185. The SMILES string of the molecule is CC1(C)Cc2cccc(OC(Cc3ccccc3)C(=O)Nc3nc4c(s3)CCCC4)c2O1. The molecule has 1 N–H and O–H groups in total. The zero-order chi connectivity index (χ0) is 22.1. The molecule has 1 aliphatic carbocycles. The summed E-state index contributed by atoms with van der Waals surface area (Å²) >= 11 is 1.59. The summed E-state index contributed by atoms with van der Waals surface area (Å²) in [5.74, 6) is 1.17. The third-order valence-electron chi connectivity index (χ3n) is 5.96. The molecule has 0 fully saturated rings. The van der Waals surface area contributed by atoms with Crippen LogP contribution in [-0.4, -0.2) is 22.6 Å². The van der Waals surface area contributed by atoms with Gasteiger partial charge in [-0.25, -0.2) is 4.98 Å². The molecule has 2 aliphatic rings. The molecule has 0 spiro atoms. The van der Waals surface area contributed by atoms with Crippen molar-refractivity contribution in [3.05, 3.63) is 70.2 Å². The van der Waals surface area contributed by atoms with E-state index in [2.05, 4.69) is 30.2 Å². The van der Waals surface area contributed by atoms with Gasteiger partial charge in [-0.1, -0.05) is 42.5 Å². The van der Waals surface area contributed by atoms with Crippen molar-refractivity contribution >= 4 is 22.4 Å². The Morgan fingerprint density at radius 3 is 2.78 bits per heavy atom. The highest BCUT2D eigenvalue weighted by molar-refractivity contribution is 7.15. The van der Waals surface area contributed by atoms with E-state index in [0.717, 1.165) is 41.8 Å². The summed E-state index contributed by atoms with van der Waals surface area (Å²) in [6.07, 6.45) is 4.99. The van der Waals surface area contributed by atoms with Crippen molar-refractivity contribution < 1.29 is 14.3 Å². The standard InChI is InChI=1S/C26H28N2O3S/c1-26(2)16-18-11-8-13-20(23(18)31-26)30-21(15-17-9-4-3-5-10-17)24(29)28-25-27-19-12-6-7-14-22(19)32-25/h3-5,8-11,13,21H,6-7,12,14-16H2,1-2H3,(H,27,28,29). The second-order valence-electron chi connectivity index (χ2n) is 9.16. The predicted octanol–water partition coefficient (Wildman–Crippen LogP) is 5.36. The van der Waals surface area contributed by atoms with E-state index in [9.17, 15) is 4.79 Å². The lowest BCUT2D eigenvalue weighted by molar-refractivity contribution is -0.122. The van der Waals surface area contributed by atoms with Crippen molar-refractivity contribution in [2.24, 2.45) is 0 Å². The molecule has 0 bridgehead atoms. The Bertz CT molecular complexity index is 1100. The lowest BCUT2D eigenvalue weighted by Crippen LogP contribution is -2.35. The Balaban J connectivity index is 1.39. The summed E-state index contributed by atoms with van der Waals surface area (Å²) in [6, 6.07) is 15.9. The third-order valence-corrected chi connectivity index (χ3v) is 7.03. The van der Waals surface area contributed by atoms with E-state index in [1.807, 2.05) is 42.5 Å². The van der Waals surface area contributed by atoms with Gasteiger partial charge in [-0.3, -0.25) is 10.1 Å². The number of ether oxygens (including phenoxy) is 2. The molecule has 1 aliphatic heterocycles. The third kappa shape index (κ3) is 4.51. The molecule has 0 saturated carbocycles. The summed E-state index contributed by atoms with van der Waals surface area (Å²) in [5.41, 5.74) is 3.01. The van der Waals surface area contributed by atoms with E-state index >= 15 is 0 Å². The van der Waals surface area contributed by atoms with Gasteiger partial charge in [0.15, 0.2) is 22.7 Å². The van der Waals surface area contributed by atoms with E-state index in [1.165, 1.54) is 17.7 Å². The first-order valence-electron chi connectivity index (χ1n) is 11.3. The van der Waals surface area contributed by atoms with Gasteiger partial charge >= 0.3 is 0 Å².